The minimum absolute atomic E-state index is 0.0682. The Morgan fingerprint density at radius 2 is 1.83 bits per heavy atom. The van der Waals surface area contributed by atoms with Gasteiger partial charge in [-0.2, -0.15) is 0 Å². The van der Waals surface area contributed by atoms with Crippen molar-refractivity contribution in [3.63, 3.8) is 0 Å². The summed E-state index contributed by atoms with van der Waals surface area (Å²) in [5.74, 6) is -0.712. The molecule has 0 aromatic rings. The van der Waals surface area contributed by atoms with Gasteiger partial charge in [0, 0.05) is 18.3 Å². The van der Waals surface area contributed by atoms with Crippen molar-refractivity contribution in [2.45, 2.75) is 40.0 Å². The van der Waals surface area contributed by atoms with Crippen LogP contribution in [0.4, 0.5) is 0 Å². The zero-order valence-corrected chi connectivity index (χ0v) is 7.89. The van der Waals surface area contributed by atoms with E-state index in [1.165, 1.54) is 0 Å². The van der Waals surface area contributed by atoms with Gasteiger partial charge in [0.25, 0.3) is 0 Å². The van der Waals surface area contributed by atoms with Crippen molar-refractivity contribution in [3.8, 4) is 0 Å². The number of carbonyl (C=O) groups excluding carboxylic acids is 1. The zero-order valence-electron chi connectivity index (χ0n) is 7.89. The van der Waals surface area contributed by atoms with Crippen molar-refractivity contribution in [2.24, 2.45) is 5.41 Å². The lowest BCUT2D eigenvalue weighted by Gasteiger charge is -2.20. The fourth-order valence-corrected chi connectivity index (χ4v) is 1.04. The average Bonchev–Trinajstić information content (AvgIpc) is 1.99. The van der Waals surface area contributed by atoms with Crippen LogP contribution in [0.3, 0.4) is 0 Å². The number of aliphatic carboxylic acids is 1. The van der Waals surface area contributed by atoms with Crippen LogP contribution in [-0.2, 0) is 9.59 Å². The van der Waals surface area contributed by atoms with Crippen LogP contribution < -0.4 is 0 Å². The molecule has 0 aromatic heterocycles. The first-order valence-corrected chi connectivity index (χ1v) is 4.15. The minimum Gasteiger partial charge on any atom is -0.481 e. The highest BCUT2D eigenvalue weighted by molar-refractivity contribution is 5.84. The van der Waals surface area contributed by atoms with Gasteiger partial charge in [0.1, 0.15) is 5.78 Å². The lowest BCUT2D eigenvalue weighted by molar-refractivity contribution is -0.138. The summed E-state index contributed by atoms with van der Waals surface area (Å²) < 4.78 is 0. The molecule has 3 nitrogen and oxygen atoms in total. The second-order valence-electron chi connectivity index (χ2n) is 3.55. The van der Waals surface area contributed by atoms with E-state index in [1.807, 2.05) is 0 Å². The van der Waals surface area contributed by atoms with Crippen LogP contribution in [-0.4, -0.2) is 16.9 Å². The summed E-state index contributed by atoms with van der Waals surface area (Å²) in [7, 11) is 0. The van der Waals surface area contributed by atoms with Crippen LogP contribution in [0, 0.1) is 5.41 Å². The maximum absolute atomic E-state index is 11.3. The van der Waals surface area contributed by atoms with E-state index in [1.54, 1.807) is 20.8 Å². The summed E-state index contributed by atoms with van der Waals surface area (Å²) in [6.07, 6.45) is 0.973. The molecule has 1 N–H and O–H groups in total. The van der Waals surface area contributed by atoms with Crippen LogP contribution >= 0.6 is 0 Å². The Balaban J connectivity index is 4.03. The van der Waals surface area contributed by atoms with Gasteiger partial charge in [-0.3, -0.25) is 9.59 Å². The summed E-state index contributed by atoms with van der Waals surface area (Å²) in [4.78, 5) is 21.5. The molecule has 0 bridgehead atoms. The molecule has 0 unspecified atom stereocenters. The Kier molecular flexibility index (Phi) is 3.93. The molecule has 0 aromatic carbocycles. The molecule has 0 rings (SSSR count). The van der Waals surface area contributed by atoms with Crippen molar-refractivity contribution < 1.29 is 14.7 Å². The molecule has 0 fully saturated rings. The molecule has 0 saturated heterocycles. The largest absolute Gasteiger partial charge is 0.481 e. The Morgan fingerprint density at radius 3 is 2.17 bits per heavy atom. The van der Waals surface area contributed by atoms with Gasteiger partial charge in [-0.15, -0.1) is 0 Å². The van der Waals surface area contributed by atoms with E-state index in [-0.39, 0.29) is 12.2 Å². The molecular weight excluding hydrogens is 156 g/mol. The maximum Gasteiger partial charge on any atom is 0.303 e. The van der Waals surface area contributed by atoms with Crippen molar-refractivity contribution >= 4 is 11.8 Å². The summed E-state index contributed by atoms with van der Waals surface area (Å²) in [6.45, 7) is 5.38. The van der Waals surface area contributed by atoms with E-state index in [0.717, 1.165) is 0 Å². The molecule has 0 aliphatic carbocycles. The third kappa shape index (κ3) is 3.51. The molecule has 70 valence electrons. The number of carbonyl (C=O) groups is 2. The number of rotatable bonds is 5. The van der Waals surface area contributed by atoms with Gasteiger partial charge in [0.05, 0.1) is 0 Å². The molecule has 0 heterocycles. The molecule has 0 amide bonds. The zero-order chi connectivity index (χ0) is 9.78. The first-order chi connectivity index (χ1) is 5.40. The molecule has 3 heteroatoms. The van der Waals surface area contributed by atoms with Gasteiger partial charge in [-0.05, 0) is 6.42 Å². The standard InChI is InChI=1S/C9H16O3/c1-4-7(10)9(2,3)6-5-8(11)12/h4-6H2,1-3H3,(H,11,12). The predicted octanol–water partition coefficient (Wildman–Crippen LogP) is 1.86. The van der Waals surface area contributed by atoms with Crippen molar-refractivity contribution in [1.29, 1.82) is 0 Å². The smallest absolute Gasteiger partial charge is 0.303 e. The molecule has 0 spiro atoms. The van der Waals surface area contributed by atoms with Gasteiger partial charge in [0.2, 0.25) is 0 Å². The SMILES string of the molecule is CCC(=O)C(C)(C)CCC(=O)O. The lowest BCUT2D eigenvalue weighted by atomic mass is 9.82. The Labute approximate surface area is 72.8 Å². The van der Waals surface area contributed by atoms with Crippen LogP contribution in [0.1, 0.15) is 40.0 Å². The van der Waals surface area contributed by atoms with E-state index >= 15 is 0 Å². The van der Waals surface area contributed by atoms with Crippen molar-refractivity contribution in [1.82, 2.24) is 0 Å². The van der Waals surface area contributed by atoms with Gasteiger partial charge in [-0.25, -0.2) is 0 Å². The second kappa shape index (κ2) is 4.24. The normalized spacial score (nSPS) is 11.2. The van der Waals surface area contributed by atoms with E-state index in [4.69, 9.17) is 5.11 Å². The minimum atomic E-state index is -0.841. The topological polar surface area (TPSA) is 54.4 Å². The number of Topliss-reactive ketones (excluding diaryl/α,β-unsaturated/α-hetero) is 1. The lowest BCUT2D eigenvalue weighted by Crippen LogP contribution is -2.24. The second-order valence-corrected chi connectivity index (χ2v) is 3.55. The molecular formula is C9H16O3. The third-order valence-corrected chi connectivity index (χ3v) is 2.04. The monoisotopic (exact) mass is 172 g/mol. The summed E-state index contributed by atoms with van der Waals surface area (Å²) in [5, 5.41) is 8.42. The highest BCUT2D eigenvalue weighted by atomic mass is 16.4. The Morgan fingerprint density at radius 1 is 1.33 bits per heavy atom. The van der Waals surface area contributed by atoms with E-state index < -0.39 is 11.4 Å². The van der Waals surface area contributed by atoms with Gasteiger partial charge in [0.15, 0.2) is 0 Å². The van der Waals surface area contributed by atoms with E-state index in [9.17, 15) is 9.59 Å². The number of hydrogen-bond donors (Lipinski definition) is 1. The van der Waals surface area contributed by atoms with Crippen molar-refractivity contribution in [3.05, 3.63) is 0 Å². The number of hydrogen-bond acceptors (Lipinski definition) is 2. The third-order valence-electron chi connectivity index (χ3n) is 2.04. The highest BCUT2D eigenvalue weighted by Gasteiger charge is 2.25. The summed E-state index contributed by atoms with van der Waals surface area (Å²) >= 11 is 0. The fourth-order valence-electron chi connectivity index (χ4n) is 1.04. The van der Waals surface area contributed by atoms with Gasteiger partial charge < -0.3 is 5.11 Å². The predicted molar refractivity (Wildman–Crippen MR) is 45.9 cm³/mol. The molecule has 0 saturated carbocycles. The molecule has 12 heavy (non-hydrogen) atoms. The van der Waals surface area contributed by atoms with E-state index in [0.29, 0.717) is 12.8 Å². The quantitative estimate of drug-likeness (QED) is 0.688. The van der Waals surface area contributed by atoms with Crippen LogP contribution in [0.15, 0.2) is 0 Å². The average molecular weight is 172 g/mol. The highest BCUT2D eigenvalue weighted by Crippen LogP contribution is 2.24. The van der Waals surface area contributed by atoms with Crippen LogP contribution in [0.5, 0.6) is 0 Å². The molecule has 0 atom stereocenters. The first kappa shape index (κ1) is 11.1. The summed E-state index contributed by atoms with van der Waals surface area (Å²) in [6, 6.07) is 0. The van der Waals surface area contributed by atoms with E-state index in [2.05, 4.69) is 0 Å². The number of ketones is 1. The number of carboxylic acids is 1. The van der Waals surface area contributed by atoms with Gasteiger partial charge in [-0.1, -0.05) is 20.8 Å². The maximum atomic E-state index is 11.3. The van der Waals surface area contributed by atoms with Crippen LogP contribution in [0.25, 0.3) is 0 Å². The number of carboxylic acid groups (broad SMARTS) is 1. The fraction of sp³-hybridized carbons (Fsp3) is 0.778. The molecule has 0 aliphatic rings. The molecule has 0 radical (unpaired) electrons. The van der Waals surface area contributed by atoms with Crippen molar-refractivity contribution in [2.75, 3.05) is 0 Å². The first-order valence-electron chi connectivity index (χ1n) is 4.15. The molecule has 0 aliphatic heterocycles. The van der Waals surface area contributed by atoms with Gasteiger partial charge >= 0.3 is 5.97 Å². The Bertz CT molecular complexity index is 182. The Hall–Kier alpha value is -0.860. The van der Waals surface area contributed by atoms with Crippen LogP contribution in [0.2, 0.25) is 0 Å². The summed E-state index contributed by atoms with van der Waals surface area (Å²) in [5.41, 5.74) is -0.479.